The van der Waals surface area contributed by atoms with E-state index in [1.165, 1.54) is 0 Å². The number of aromatic nitrogens is 1. The van der Waals surface area contributed by atoms with Crippen LogP contribution in [0.5, 0.6) is 5.75 Å². The third-order valence-electron chi connectivity index (χ3n) is 2.97. The van der Waals surface area contributed by atoms with Crippen LogP contribution in [0.3, 0.4) is 0 Å². The predicted molar refractivity (Wildman–Crippen MR) is 85.9 cm³/mol. The molecule has 0 aliphatic rings. The summed E-state index contributed by atoms with van der Waals surface area (Å²) in [6.07, 6.45) is 0.914. The second-order valence-electron chi connectivity index (χ2n) is 4.60. The number of aromatic amines is 1. The number of pyridine rings is 1. The molecule has 0 aliphatic heterocycles. The number of alkyl halides is 1. The number of halogens is 1. The zero-order chi connectivity index (χ0) is 15.2. The minimum absolute atomic E-state index is 0.123. The van der Waals surface area contributed by atoms with Gasteiger partial charge in [0.15, 0.2) is 0 Å². The zero-order valence-electron chi connectivity index (χ0n) is 11.6. The van der Waals surface area contributed by atoms with E-state index in [-0.39, 0.29) is 11.1 Å². The third kappa shape index (κ3) is 3.73. The first-order chi connectivity index (χ1) is 10.2. The first kappa shape index (κ1) is 15.3. The van der Waals surface area contributed by atoms with Crippen molar-refractivity contribution in [2.45, 2.75) is 13.3 Å². The number of nitrogens with one attached hydrogen (secondary N) is 1. The molecule has 0 aliphatic carbocycles. The van der Waals surface area contributed by atoms with Crippen molar-refractivity contribution in [1.29, 1.82) is 5.26 Å². The highest BCUT2D eigenvalue weighted by Crippen LogP contribution is 2.25. The Bertz CT molecular complexity index is 732. The Morgan fingerprint density at radius 1 is 1.38 bits per heavy atom. The minimum Gasteiger partial charge on any atom is -0.494 e. The summed E-state index contributed by atoms with van der Waals surface area (Å²) in [5, 5.41) is 10.1. The van der Waals surface area contributed by atoms with Gasteiger partial charge in [0.1, 0.15) is 17.4 Å². The maximum atomic E-state index is 11.8. The molecule has 0 amide bonds. The van der Waals surface area contributed by atoms with E-state index in [1.807, 2.05) is 30.3 Å². The van der Waals surface area contributed by atoms with Gasteiger partial charge in [-0.2, -0.15) is 5.26 Å². The number of ether oxygens (including phenoxy) is 1. The van der Waals surface area contributed by atoms with Crippen molar-refractivity contribution in [3.05, 3.63) is 51.9 Å². The van der Waals surface area contributed by atoms with Crippen LogP contribution >= 0.6 is 15.9 Å². The molecule has 1 heterocycles. The Morgan fingerprint density at radius 2 is 2.19 bits per heavy atom. The van der Waals surface area contributed by atoms with Crippen LogP contribution in [0.1, 0.15) is 17.7 Å². The van der Waals surface area contributed by atoms with Crippen LogP contribution in [0.25, 0.3) is 11.1 Å². The van der Waals surface area contributed by atoms with Crippen LogP contribution in [0.15, 0.2) is 35.1 Å². The summed E-state index contributed by atoms with van der Waals surface area (Å²) in [4.78, 5) is 14.5. The maximum absolute atomic E-state index is 11.8. The Balaban J connectivity index is 2.41. The van der Waals surface area contributed by atoms with Gasteiger partial charge in [0.25, 0.3) is 5.56 Å². The van der Waals surface area contributed by atoms with E-state index in [1.54, 1.807) is 13.0 Å². The van der Waals surface area contributed by atoms with Gasteiger partial charge >= 0.3 is 0 Å². The monoisotopic (exact) mass is 346 g/mol. The molecule has 21 heavy (non-hydrogen) atoms. The average Bonchev–Trinajstić information content (AvgIpc) is 2.47. The van der Waals surface area contributed by atoms with Crippen molar-refractivity contribution in [3.63, 3.8) is 0 Å². The standard InChI is InChI=1S/C16H15BrN2O2/c1-11-8-14(15(10-18)16(20)19-11)12-4-2-5-13(9-12)21-7-3-6-17/h2,4-5,8-9H,3,6-7H2,1H3,(H,19,20). The lowest BCUT2D eigenvalue weighted by atomic mass is 10.0. The SMILES string of the molecule is Cc1cc(-c2cccc(OCCCBr)c2)c(C#N)c(=O)[nH]1. The van der Waals surface area contributed by atoms with E-state index in [2.05, 4.69) is 20.9 Å². The number of hydrogen-bond donors (Lipinski definition) is 1. The fourth-order valence-electron chi connectivity index (χ4n) is 2.03. The van der Waals surface area contributed by atoms with Gasteiger partial charge in [-0.05, 0) is 37.1 Å². The molecule has 0 spiro atoms. The molecular formula is C16H15BrN2O2. The second kappa shape index (κ2) is 7.09. The number of benzene rings is 1. The van der Waals surface area contributed by atoms with Crippen LogP contribution in [0.2, 0.25) is 0 Å². The topological polar surface area (TPSA) is 65.9 Å². The Labute approximate surface area is 131 Å². The van der Waals surface area contributed by atoms with Gasteiger partial charge in [-0.1, -0.05) is 28.1 Å². The molecule has 0 radical (unpaired) electrons. The molecule has 0 fully saturated rings. The molecule has 2 rings (SSSR count). The van der Waals surface area contributed by atoms with Gasteiger partial charge in [0, 0.05) is 16.6 Å². The van der Waals surface area contributed by atoms with Crippen molar-refractivity contribution in [2.75, 3.05) is 11.9 Å². The molecule has 1 aromatic carbocycles. The van der Waals surface area contributed by atoms with Gasteiger partial charge in [-0.15, -0.1) is 0 Å². The summed E-state index contributed by atoms with van der Waals surface area (Å²) in [5.41, 5.74) is 1.91. The second-order valence-corrected chi connectivity index (χ2v) is 5.39. The molecule has 108 valence electrons. The van der Waals surface area contributed by atoms with E-state index >= 15 is 0 Å². The fourth-order valence-corrected chi connectivity index (χ4v) is 2.25. The molecule has 5 heteroatoms. The highest BCUT2D eigenvalue weighted by molar-refractivity contribution is 9.09. The number of aryl methyl sites for hydroxylation is 1. The quantitative estimate of drug-likeness (QED) is 0.666. The van der Waals surface area contributed by atoms with Gasteiger partial charge in [-0.3, -0.25) is 4.79 Å². The third-order valence-corrected chi connectivity index (χ3v) is 3.53. The van der Waals surface area contributed by atoms with Gasteiger partial charge in [-0.25, -0.2) is 0 Å². The summed E-state index contributed by atoms with van der Waals surface area (Å²) in [5.74, 6) is 0.732. The predicted octanol–water partition coefficient (Wildman–Crippen LogP) is 3.39. The summed E-state index contributed by atoms with van der Waals surface area (Å²) in [6.45, 7) is 2.41. The minimum atomic E-state index is -0.363. The maximum Gasteiger partial charge on any atom is 0.266 e. The van der Waals surface area contributed by atoms with Crippen molar-refractivity contribution in [2.24, 2.45) is 0 Å². The highest BCUT2D eigenvalue weighted by atomic mass is 79.9. The molecule has 0 bridgehead atoms. The number of rotatable bonds is 5. The summed E-state index contributed by atoms with van der Waals surface area (Å²) < 4.78 is 5.64. The van der Waals surface area contributed by atoms with Crippen LogP contribution in [0, 0.1) is 18.3 Å². The molecule has 4 nitrogen and oxygen atoms in total. The molecule has 0 saturated heterocycles. The normalized spacial score (nSPS) is 10.1. The Morgan fingerprint density at radius 3 is 2.90 bits per heavy atom. The first-order valence-electron chi connectivity index (χ1n) is 6.59. The van der Waals surface area contributed by atoms with Crippen molar-refractivity contribution in [3.8, 4) is 22.9 Å². The van der Waals surface area contributed by atoms with E-state index in [0.717, 1.165) is 28.8 Å². The van der Waals surface area contributed by atoms with E-state index in [0.29, 0.717) is 12.2 Å². The van der Waals surface area contributed by atoms with Gasteiger partial charge in [0.05, 0.1) is 6.61 Å². The smallest absolute Gasteiger partial charge is 0.266 e. The molecule has 2 aromatic rings. The lowest BCUT2D eigenvalue weighted by Gasteiger charge is -2.09. The lowest BCUT2D eigenvalue weighted by Crippen LogP contribution is -2.12. The Kier molecular flexibility index (Phi) is 5.18. The van der Waals surface area contributed by atoms with Crippen molar-refractivity contribution < 1.29 is 4.74 Å². The van der Waals surface area contributed by atoms with Crippen LogP contribution in [0.4, 0.5) is 0 Å². The summed E-state index contributed by atoms with van der Waals surface area (Å²) >= 11 is 3.35. The zero-order valence-corrected chi connectivity index (χ0v) is 13.2. The molecule has 1 N–H and O–H groups in total. The molecule has 1 aromatic heterocycles. The highest BCUT2D eigenvalue weighted by Gasteiger charge is 2.10. The number of H-pyrrole nitrogens is 1. The number of nitrogens with zero attached hydrogens (tertiary/aromatic N) is 1. The van der Waals surface area contributed by atoms with Crippen molar-refractivity contribution >= 4 is 15.9 Å². The largest absolute Gasteiger partial charge is 0.494 e. The van der Waals surface area contributed by atoms with Crippen LogP contribution in [-0.2, 0) is 0 Å². The van der Waals surface area contributed by atoms with E-state index < -0.39 is 0 Å². The number of hydrogen-bond acceptors (Lipinski definition) is 3. The molecular weight excluding hydrogens is 332 g/mol. The molecule has 0 saturated carbocycles. The van der Waals surface area contributed by atoms with Crippen molar-refractivity contribution in [1.82, 2.24) is 4.98 Å². The number of nitriles is 1. The van der Waals surface area contributed by atoms with E-state index in [9.17, 15) is 10.1 Å². The van der Waals surface area contributed by atoms with Gasteiger partial charge in [0.2, 0.25) is 0 Å². The first-order valence-corrected chi connectivity index (χ1v) is 7.71. The average molecular weight is 347 g/mol. The molecule has 0 atom stereocenters. The Hall–Kier alpha value is -2.06. The fraction of sp³-hybridized carbons (Fsp3) is 0.250. The van der Waals surface area contributed by atoms with Gasteiger partial charge < -0.3 is 9.72 Å². The summed E-state index contributed by atoms with van der Waals surface area (Å²) in [6, 6.07) is 11.2. The van der Waals surface area contributed by atoms with E-state index in [4.69, 9.17) is 4.74 Å². The van der Waals surface area contributed by atoms with Crippen LogP contribution in [-0.4, -0.2) is 16.9 Å². The summed E-state index contributed by atoms with van der Waals surface area (Å²) in [7, 11) is 0. The molecule has 0 unspecified atom stereocenters. The lowest BCUT2D eigenvalue weighted by molar-refractivity contribution is 0.319. The van der Waals surface area contributed by atoms with Crippen LogP contribution < -0.4 is 10.3 Å².